The predicted molar refractivity (Wildman–Crippen MR) is 192 cm³/mol. The lowest BCUT2D eigenvalue weighted by Gasteiger charge is -2.26. The van der Waals surface area contributed by atoms with Gasteiger partial charge in [-0.1, -0.05) is 45.1 Å². The van der Waals surface area contributed by atoms with E-state index >= 15 is 0 Å². The molecule has 2 N–H and O–H groups in total. The molecule has 0 aliphatic heterocycles. The third-order valence-corrected chi connectivity index (χ3v) is 10.3. The van der Waals surface area contributed by atoms with Gasteiger partial charge in [0.25, 0.3) is 0 Å². The van der Waals surface area contributed by atoms with Crippen LogP contribution in [0.4, 0.5) is 10.5 Å². The van der Waals surface area contributed by atoms with Crippen molar-refractivity contribution in [3.63, 3.8) is 0 Å². The first-order valence-electron chi connectivity index (χ1n) is 16.5. The van der Waals surface area contributed by atoms with Crippen molar-refractivity contribution in [2.24, 2.45) is 0 Å². The molecule has 0 radical (unpaired) electrons. The zero-order valence-corrected chi connectivity index (χ0v) is 30.1. The number of fused-ring (bicyclic) bond motifs is 1. The summed E-state index contributed by atoms with van der Waals surface area (Å²) >= 11 is 6.52. The molecule has 5 rings (SSSR count). The van der Waals surface area contributed by atoms with Gasteiger partial charge in [0.2, 0.25) is 5.88 Å². The number of hydrogen-bond donors (Lipinski definition) is 2. The molecule has 1 unspecified atom stereocenters. The summed E-state index contributed by atoms with van der Waals surface area (Å²) in [5.74, 6) is 1.71. The summed E-state index contributed by atoms with van der Waals surface area (Å²) in [6.45, 7) is 17.2. The maximum absolute atomic E-state index is 12.2. The van der Waals surface area contributed by atoms with E-state index in [0.717, 1.165) is 54.4 Å². The van der Waals surface area contributed by atoms with E-state index < -0.39 is 8.07 Å². The molecule has 12 heteroatoms. The van der Waals surface area contributed by atoms with Crippen LogP contribution in [-0.2, 0) is 11.5 Å². The Balaban J connectivity index is 1.38. The van der Waals surface area contributed by atoms with Gasteiger partial charge in [0.15, 0.2) is 0 Å². The average Bonchev–Trinajstić information content (AvgIpc) is 3.77. The lowest BCUT2D eigenvalue weighted by atomic mass is 10.1. The fourth-order valence-electron chi connectivity index (χ4n) is 5.26. The van der Waals surface area contributed by atoms with Crippen LogP contribution in [0.1, 0.15) is 33.6 Å². The number of halogens is 1. The number of likely N-dealkylation sites (N-methyl/N-ethyl adjacent to an activating group) is 1. The summed E-state index contributed by atoms with van der Waals surface area (Å²) in [6.07, 6.45) is 3.51. The fourth-order valence-corrected chi connectivity index (χ4v) is 6.24. The third-order valence-electron chi connectivity index (χ3n) is 8.26. The van der Waals surface area contributed by atoms with Crippen LogP contribution in [0.3, 0.4) is 0 Å². The Morgan fingerprint density at radius 3 is 2.45 bits per heavy atom. The number of urea groups is 1. The van der Waals surface area contributed by atoms with Crippen molar-refractivity contribution >= 4 is 42.4 Å². The zero-order chi connectivity index (χ0) is 33.6. The van der Waals surface area contributed by atoms with Gasteiger partial charge in [-0.2, -0.15) is 0 Å². The molecule has 1 atom stereocenters. The molecule has 2 amide bonds. The number of benzene rings is 2. The highest BCUT2D eigenvalue weighted by atomic mass is 35.5. The Hall–Kier alpha value is -3.64. The van der Waals surface area contributed by atoms with Crippen molar-refractivity contribution in [2.45, 2.75) is 78.1 Å². The van der Waals surface area contributed by atoms with Gasteiger partial charge in [0, 0.05) is 32.8 Å². The average molecular weight is 679 g/mol. The zero-order valence-electron chi connectivity index (χ0n) is 28.3. The number of anilines is 1. The van der Waals surface area contributed by atoms with E-state index in [-0.39, 0.29) is 12.1 Å². The number of rotatable bonds is 16. The Morgan fingerprint density at radius 1 is 1.06 bits per heavy atom. The van der Waals surface area contributed by atoms with Gasteiger partial charge in [-0.3, -0.25) is 4.90 Å². The fraction of sp³-hybridized carbons (Fsp3) is 0.457. The summed E-state index contributed by atoms with van der Waals surface area (Å²) in [6, 6.07) is 16.7. The third kappa shape index (κ3) is 9.47. The Kier molecular flexibility index (Phi) is 11.4. The number of carbonyl (C=O) groups excluding carboxylic acids is 1. The van der Waals surface area contributed by atoms with Gasteiger partial charge >= 0.3 is 6.03 Å². The molecule has 10 nitrogen and oxygen atoms in total. The minimum Gasteiger partial charge on any atom is -0.492 e. The van der Waals surface area contributed by atoms with Crippen molar-refractivity contribution in [2.75, 3.05) is 31.6 Å². The molecule has 252 valence electrons. The lowest BCUT2D eigenvalue weighted by Crippen LogP contribution is -2.36. The van der Waals surface area contributed by atoms with Crippen LogP contribution in [0.5, 0.6) is 17.4 Å². The summed E-state index contributed by atoms with van der Waals surface area (Å²) < 4.78 is 20.7. The molecule has 2 aromatic carbocycles. The van der Waals surface area contributed by atoms with Gasteiger partial charge in [0.05, 0.1) is 21.8 Å². The van der Waals surface area contributed by atoms with Crippen molar-refractivity contribution in [1.29, 1.82) is 0 Å². The summed E-state index contributed by atoms with van der Waals surface area (Å²) in [5, 5.41) is 6.80. The normalized spacial score (nSPS) is 14.0. The Morgan fingerprint density at radius 2 is 1.79 bits per heavy atom. The van der Waals surface area contributed by atoms with Crippen molar-refractivity contribution in [3.05, 3.63) is 59.9 Å². The summed E-state index contributed by atoms with van der Waals surface area (Å²) in [7, 11) is -1.25. The molecule has 2 aromatic heterocycles. The maximum Gasteiger partial charge on any atom is 0.319 e. The Bertz CT molecular complexity index is 1650. The molecular formula is C35H47ClN6O4Si. The van der Waals surface area contributed by atoms with E-state index in [9.17, 15) is 4.79 Å². The first kappa shape index (κ1) is 34.7. The van der Waals surface area contributed by atoms with Crippen LogP contribution < -0.4 is 20.1 Å². The van der Waals surface area contributed by atoms with Crippen LogP contribution in [-0.4, -0.2) is 71.9 Å². The second-order valence-electron chi connectivity index (χ2n) is 13.2. The van der Waals surface area contributed by atoms with Gasteiger partial charge in [-0.05, 0) is 86.9 Å². The number of ether oxygens (including phenoxy) is 3. The van der Waals surface area contributed by atoms with Gasteiger partial charge < -0.3 is 29.4 Å². The maximum atomic E-state index is 12.2. The van der Waals surface area contributed by atoms with Crippen molar-refractivity contribution in [3.8, 4) is 28.6 Å². The first-order valence-corrected chi connectivity index (χ1v) is 20.6. The molecule has 0 bridgehead atoms. The lowest BCUT2D eigenvalue weighted by molar-refractivity contribution is 0.0909. The molecule has 0 spiro atoms. The van der Waals surface area contributed by atoms with Gasteiger partial charge in [0.1, 0.15) is 36.8 Å². The van der Waals surface area contributed by atoms with Gasteiger partial charge in [-0.25, -0.2) is 14.8 Å². The quantitative estimate of drug-likeness (QED) is 0.0909. The van der Waals surface area contributed by atoms with E-state index in [1.165, 1.54) is 6.33 Å². The van der Waals surface area contributed by atoms with Crippen molar-refractivity contribution < 1.29 is 19.0 Å². The molecule has 0 saturated heterocycles. The molecule has 1 aliphatic carbocycles. The highest BCUT2D eigenvalue weighted by Gasteiger charge is 2.24. The molecule has 1 fully saturated rings. The number of nitrogens with one attached hydrogen (secondary N) is 2. The molecular weight excluding hydrogens is 632 g/mol. The highest BCUT2D eigenvalue weighted by Crippen LogP contribution is 2.36. The van der Waals surface area contributed by atoms with E-state index in [0.29, 0.717) is 54.0 Å². The van der Waals surface area contributed by atoms with E-state index in [1.54, 1.807) is 18.2 Å². The van der Waals surface area contributed by atoms with Crippen molar-refractivity contribution in [1.82, 2.24) is 24.8 Å². The monoisotopic (exact) mass is 678 g/mol. The predicted octanol–water partition coefficient (Wildman–Crippen LogP) is 8.25. The highest BCUT2D eigenvalue weighted by molar-refractivity contribution is 6.76. The van der Waals surface area contributed by atoms with E-state index in [1.807, 2.05) is 18.2 Å². The molecule has 1 aliphatic rings. The summed E-state index contributed by atoms with van der Waals surface area (Å²) in [5.41, 5.74) is 3.13. The number of carbonyl (C=O) groups is 1. The number of aromatic nitrogens is 3. The molecule has 4 aromatic rings. The second kappa shape index (κ2) is 15.5. The minimum absolute atomic E-state index is 0.247. The number of nitrogens with zero attached hydrogens (tertiary/aromatic N) is 4. The molecule has 1 saturated carbocycles. The number of hydrogen-bond acceptors (Lipinski definition) is 7. The summed E-state index contributed by atoms with van der Waals surface area (Å²) in [4.78, 5) is 23.7. The van der Waals surface area contributed by atoms with Crippen LogP contribution in [0.25, 0.3) is 22.3 Å². The Labute approximate surface area is 283 Å². The largest absolute Gasteiger partial charge is 0.492 e. The smallest absolute Gasteiger partial charge is 0.319 e. The van der Waals surface area contributed by atoms with Gasteiger partial charge in [-0.15, -0.1) is 0 Å². The molecule has 2 heterocycles. The van der Waals surface area contributed by atoms with Crippen LogP contribution in [0.15, 0.2) is 54.9 Å². The topological polar surface area (TPSA) is 103 Å². The second-order valence-corrected chi connectivity index (χ2v) is 19.3. The standard InChI is InChI=1S/C35H47ClN6O4Si/c1-7-41(8-2)24(3)21-45-27-13-9-25(10-14-27)32-20-29-33(42(32)23-44-17-18-47(4,5)6)37-22-38-34(29)46-28-15-16-31(30(36)19-28)40-35(43)39-26-11-12-26/h9-10,13-16,19-20,22,24,26H,7-8,11-12,17-18,21,23H2,1-6H3,(H2,39,40,43). The first-order chi connectivity index (χ1) is 22.5. The van der Waals surface area contributed by atoms with Crippen LogP contribution in [0, 0.1) is 0 Å². The van der Waals surface area contributed by atoms with E-state index in [4.69, 9.17) is 25.8 Å². The number of amides is 2. The van der Waals surface area contributed by atoms with E-state index in [2.05, 4.69) is 82.6 Å². The molecule has 47 heavy (non-hydrogen) atoms. The minimum atomic E-state index is -1.25. The van der Waals surface area contributed by atoms with Crippen LogP contribution >= 0.6 is 11.6 Å². The van der Waals surface area contributed by atoms with Crippen LogP contribution in [0.2, 0.25) is 30.7 Å². The SMILES string of the molecule is CCN(CC)C(C)COc1ccc(-c2cc3c(Oc4ccc(NC(=O)NC5CC5)c(Cl)c4)ncnc3n2COCC[Si](C)(C)C)cc1.